The van der Waals surface area contributed by atoms with Crippen LogP contribution in [0.25, 0.3) is 5.57 Å². The van der Waals surface area contributed by atoms with E-state index in [1.165, 1.54) is 42.4 Å². The van der Waals surface area contributed by atoms with E-state index in [-0.39, 0.29) is 0 Å². The van der Waals surface area contributed by atoms with Gasteiger partial charge in [-0.1, -0.05) is 62.6 Å². The van der Waals surface area contributed by atoms with Gasteiger partial charge in [-0.25, -0.2) is 0 Å². The lowest BCUT2D eigenvalue weighted by Crippen LogP contribution is -1.84. The largest absolute Gasteiger partial charge is 0.0952 e. The number of benzene rings is 1. The zero-order valence-corrected chi connectivity index (χ0v) is 10.1. The minimum absolute atomic E-state index is 1.14. The predicted octanol–water partition coefficient (Wildman–Crippen LogP) is 4.98. The van der Waals surface area contributed by atoms with Crippen molar-refractivity contribution in [2.75, 3.05) is 0 Å². The molecule has 82 valence electrons. The van der Waals surface area contributed by atoms with E-state index in [9.17, 15) is 0 Å². The number of rotatable bonds is 6. The Hall–Kier alpha value is -1.04. The molecule has 0 radical (unpaired) electrons. The molecule has 0 nitrogen and oxygen atoms in total. The molecule has 0 aliphatic carbocycles. The van der Waals surface area contributed by atoms with Crippen molar-refractivity contribution in [2.45, 2.75) is 46.0 Å². The molecule has 0 fully saturated rings. The van der Waals surface area contributed by atoms with Gasteiger partial charge in [-0.2, -0.15) is 0 Å². The molecule has 0 atom stereocenters. The lowest BCUT2D eigenvalue weighted by Gasteiger charge is -2.06. The topological polar surface area (TPSA) is 0 Å². The van der Waals surface area contributed by atoms with Gasteiger partial charge in [0, 0.05) is 0 Å². The van der Waals surface area contributed by atoms with Crippen LogP contribution in [0.3, 0.4) is 0 Å². The molecule has 0 bridgehead atoms. The molecule has 1 rings (SSSR count). The van der Waals surface area contributed by atoms with Crippen molar-refractivity contribution < 1.29 is 0 Å². The molecular weight excluding hydrogens is 180 g/mol. The number of allylic oxidation sites excluding steroid dienone is 1. The number of hydrogen-bond donors (Lipinski definition) is 0. The summed E-state index contributed by atoms with van der Waals surface area (Å²) >= 11 is 0. The summed E-state index contributed by atoms with van der Waals surface area (Å²) < 4.78 is 0. The molecule has 0 N–H and O–H groups in total. The van der Waals surface area contributed by atoms with E-state index < -0.39 is 0 Å². The van der Waals surface area contributed by atoms with Crippen molar-refractivity contribution in [1.82, 2.24) is 0 Å². The van der Waals surface area contributed by atoms with E-state index in [4.69, 9.17) is 0 Å². The number of aryl methyl sites for hydroxylation is 1. The standard InChI is InChI=1S/C15H22/c1-4-5-6-7-8-14(3)15-11-9-13(2)10-12-15/h9-12H,3-8H2,1-2H3. The number of hydrogen-bond acceptors (Lipinski definition) is 0. The van der Waals surface area contributed by atoms with E-state index >= 15 is 0 Å². The summed E-state index contributed by atoms with van der Waals surface area (Å²) in [6, 6.07) is 8.67. The smallest absolute Gasteiger partial charge is 0.0230 e. The quantitative estimate of drug-likeness (QED) is 0.571. The molecule has 1 aromatic carbocycles. The van der Waals surface area contributed by atoms with Crippen molar-refractivity contribution in [2.24, 2.45) is 0 Å². The third kappa shape index (κ3) is 4.33. The Kier molecular flexibility index (Phi) is 5.17. The third-order valence-corrected chi connectivity index (χ3v) is 2.79. The second kappa shape index (κ2) is 6.44. The second-order valence-electron chi connectivity index (χ2n) is 4.28. The SMILES string of the molecule is C=C(CCCCCC)c1ccc(C)cc1. The molecule has 0 heteroatoms. The first-order valence-corrected chi connectivity index (χ1v) is 5.99. The van der Waals surface area contributed by atoms with Gasteiger partial charge < -0.3 is 0 Å². The molecule has 0 spiro atoms. The maximum absolute atomic E-state index is 4.15. The fraction of sp³-hybridized carbons (Fsp3) is 0.467. The van der Waals surface area contributed by atoms with Crippen molar-refractivity contribution in [1.29, 1.82) is 0 Å². The molecule has 15 heavy (non-hydrogen) atoms. The maximum atomic E-state index is 4.15. The van der Waals surface area contributed by atoms with Crippen LogP contribution in [0.4, 0.5) is 0 Å². The Morgan fingerprint density at radius 1 is 1.07 bits per heavy atom. The first kappa shape index (κ1) is 12.0. The van der Waals surface area contributed by atoms with Gasteiger partial charge in [0.05, 0.1) is 0 Å². The average molecular weight is 202 g/mol. The van der Waals surface area contributed by atoms with E-state index in [2.05, 4.69) is 44.7 Å². The summed E-state index contributed by atoms with van der Waals surface area (Å²) in [4.78, 5) is 0. The molecule has 1 aromatic rings. The van der Waals surface area contributed by atoms with Crippen LogP contribution in [0.2, 0.25) is 0 Å². The van der Waals surface area contributed by atoms with Crippen LogP contribution >= 0.6 is 0 Å². The van der Waals surface area contributed by atoms with Crippen LogP contribution in [0.1, 0.15) is 50.2 Å². The third-order valence-electron chi connectivity index (χ3n) is 2.79. The Labute approximate surface area is 94.0 Å². The normalized spacial score (nSPS) is 10.3. The molecule has 0 aromatic heterocycles. The van der Waals surface area contributed by atoms with Gasteiger partial charge in [-0.3, -0.25) is 0 Å². The highest BCUT2D eigenvalue weighted by atomic mass is 14.0. The van der Waals surface area contributed by atoms with Crippen LogP contribution in [0, 0.1) is 6.92 Å². The highest BCUT2D eigenvalue weighted by Gasteiger charge is 1.98. The summed E-state index contributed by atoms with van der Waals surface area (Å²) in [7, 11) is 0. The Morgan fingerprint density at radius 3 is 2.33 bits per heavy atom. The highest BCUT2D eigenvalue weighted by Crippen LogP contribution is 2.19. The first-order chi connectivity index (χ1) is 7.24. The van der Waals surface area contributed by atoms with Crippen LogP contribution in [-0.4, -0.2) is 0 Å². The van der Waals surface area contributed by atoms with Crippen LogP contribution in [0.5, 0.6) is 0 Å². The van der Waals surface area contributed by atoms with Gasteiger partial charge in [0.15, 0.2) is 0 Å². The monoisotopic (exact) mass is 202 g/mol. The van der Waals surface area contributed by atoms with Crippen LogP contribution in [-0.2, 0) is 0 Å². The van der Waals surface area contributed by atoms with Gasteiger partial charge >= 0.3 is 0 Å². The lowest BCUT2D eigenvalue weighted by molar-refractivity contribution is 0.679. The minimum atomic E-state index is 1.14. The van der Waals surface area contributed by atoms with Gasteiger partial charge in [-0.15, -0.1) is 0 Å². The van der Waals surface area contributed by atoms with Crippen molar-refractivity contribution in [3.8, 4) is 0 Å². The van der Waals surface area contributed by atoms with Gasteiger partial charge in [0.2, 0.25) is 0 Å². The van der Waals surface area contributed by atoms with Crippen LogP contribution in [0.15, 0.2) is 30.8 Å². The van der Waals surface area contributed by atoms with Crippen molar-refractivity contribution >= 4 is 5.57 Å². The molecule has 0 saturated heterocycles. The average Bonchev–Trinajstić information content (AvgIpc) is 2.25. The molecular formula is C15H22. The van der Waals surface area contributed by atoms with E-state index in [1.54, 1.807) is 0 Å². The summed E-state index contributed by atoms with van der Waals surface area (Å²) in [6.45, 7) is 8.52. The van der Waals surface area contributed by atoms with E-state index in [1.807, 2.05) is 0 Å². The van der Waals surface area contributed by atoms with Gasteiger partial charge in [0.1, 0.15) is 0 Å². The molecule has 0 amide bonds. The van der Waals surface area contributed by atoms with E-state index in [0.29, 0.717) is 0 Å². The Bertz CT molecular complexity index is 292. The van der Waals surface area contributed by atoms with Gasteiger partial charge in [-0.05, 0) is 30.9 Å². The van der Waals surface area contributed by atoms with Crippen molar-refractivity contribution in [3.05, 3.63) is 42.0 Å². The maximum Gasteiger partial charge on any atom is -0.0230 e. The summed E-state index contributed by atoms with van der Waals surface area (Å²) in [5.41, 5.74) is 3.90. The predicted molar refractivity (Wildman–Crippen MR) is 69.0 cm³/mol. The van der Waals surface area contributed by atoms with E-state index in [0.717, 1.165) is 6.42 Å². The second-order valence-corrected chi connectivity index (χ2v) is 4.28. The summed E-state index contributed by atoms with van der Waals surface area (Å²) in [6.07, 6.45) is 6.41. The zero-order chi connectivity index (χ0) is 11.1. The minimum Gasteiger partial charge on any atom is -0.0952 e. The molecule has 0 heterocycles. The first-order valence-electron chi connectivity index (χ1n) is 5.99. The zero-order valence-electron chi connectivity index (χ0n) is 10.1. The molecule has 0 aliphatic heterocycles. The van der Waals surface area contributed by atoms with Crippen molar-refractivity contribution in [3.63, 3.8) is 0 Å². The Morgan fingerprint density at radius 2 is 1.73 bits per heavy atom. The summed E-state index contributed by atoms with van der Waals surface area (Å²) in [5, 5.41) is 0. The fourth-order valence-corrected chi connectivity index (χ4v) is 1.70. The van der Waals surface area contributed by atoms with Crippen LogP contribution < -0.4 is 0 Å². The molecule has 0 aliphatic rings. The molecule has 0 saturated carbocycles. The lowest BCUT2D eigenvalue weighted by atomic mass is 10.00. The fourth-order valence-electron chi connectivity index (χ4n) is 1.70. The van der Waals surface area contributed by atoms with Gasteiger partial charge in [0.25, 0.3) is 0 Å². The summed E-state index contributed by atoms with van der Waals surface area (Å²) in [5.74, 6) is 0. The number of unbranched alkanes of at least 4 members (excludes halogenated alkanes) is 3. The molecule has 0 unspecified atom stereocenters. The Balaban J connectivity index is 2.37. The highest BCUT2D eigenvalue weighted by molar-refractivity contribution is 5.63.